The van der Waals surface area contributed by atoms with Crippen molar-refractivity contribution in [1.29, 1.82) is 0 Å². The van der Waals surface area contributed by atoms with Gasteiger partial charge in [-0.1, -0.05) is 23.7 Å². The van der Waals surface area contributed by atoms with Crippen molar-refractivity contribution in [3.8, 4) is 0 Å². The van der Waals surface area contributed by atoms with Gasteiger partial charge in [0.2, 0.25) is 0 Å². The number of benzene rings is 2. The Kier molecular flexibility index (Phi) is 4.70. The highest BCUT2D eigenvalue weighted by Gasteiger charge is 2.22. The normalized spacial score (nSPS) is 15.6. The van der Waals surface area contributed by atoms with Crippen molar-refractivity contribution in [2.45, 2.75) is 6.54 Å². The van der Waals surface area contributed by atoms with E-state index in [1.54, 1.807) is 35.6 Å². The Labute approximate surface area is 155 Å². The Morgan fingerprint density at radius 1 is 1.04 bits per heavy atom. The van der Waals surface area contributed by atoms with Gasteiger partial charge < -0.3 is 4.90 Å². The Balaban J connectivity index is 1.36. The van der Waals surface area contributed by atoms with Crippen LogP contribution in [0.3, 0.4) is 0 Å². The highest BCUT2D eigenvalue weighted by Crippen LogP contribution is 2.23. The highest BCUT2D eigenvalue weighted by molar-refractivity contribution is 7.18. The van der Waals surface area contributed by atoms with Gasteiger partial charge in [0, 0.05) is 36.8 Å². The molecule has 2 heterocycles. The first-order valence-electron chi connectivity index (χ1n) is 8.31. The largest absolute Gasteiger partial charge is 0.336 e. The van der Waals surface area contributed by atoms with Gasteiger partial charge >= 0.3 is 0 Å². The minimum absolute atomic E-state index is 0.0799. The first-order chi connectivity index (χ1) is 12.2. The molecule has 128 valence electrons. The number of hydrogen-bond acceptors (Lipinski definition) is 4. The van der Waals surface area contributed by atoms with Gasteiger partial charge in [-0.25, -0.2) is 4.98 Å². The van der Waals surface area contributed by atoms with Gasteiger partial charge in [-0.05, 0) is 36.4 Å². The van der Waals surface area contributed by atoms with E-state index < -0.39 is 0 Å². The van der Waals surface area contributed by atoms with Crippen LogP contribution in [0.25, 0.3) is 10.2 Å². The van der Waals surface area contributed by atoms with Gasteiger partial charge in [0.25, 0.3) is 5.91 Å². The molecule has 0 unspecified atom stereocenters. The SMILES string of the molecule is O=C(c1ccc(Cl)cc1)N1CCN(Cc2nc3ccccc3s2)CC1. The highest BCUT2D eigenvalue weighted by atomic mass is 35.5. The second kappa shape index (κ2) is 7.12. The van der Waals surface area contributed by atoms with Crippen molar-refractivity contribution >= 4 is 39.1 Å². The third-order valence-corrected chi connectivity index (χ3v) is 5.72. The van der Waals surface area contributed by atoms with Crippen LogP contribution in [0.5, 0.6) is 0 Å². The quantitative estimate of drug-likeness (QED) is 0.700. The van der Waals surface area contributed by atoms with Crippen molar-refractivity contribution in [2.75, 3.05) is 26.2 Å². The third kappa shape index (κ3) is 3.68. The van der Waals surface area contributed by atoms with Crippen LogP contribution < -0.4 is 0 Å². The van der Waals surface area contributed by atoms with Crippen LogP contribution in [0.2, 0.25) is 5.02 Å². The number of thiazole rings is 1. The lowest BCUT2D eigenvalue weighted by Crippen LogP contribution is -2.48. The number of rotatable bonds is 3. The fourth-order valence-electron chi connectivity index (χ4n) is 3.06. The summed E-state index contributed by atoms with van der Waals surface area (Å²) in [5.74, 6) is 0.0799. The van der Waals surface area contributed by atoms with E-state index in [9.17, 15) is 4.79 Å². The second-order valence-electron chi connectivity index (χ2n) is 6.15. The molecule has 0 atom stereocenters. The number of para-hydroxylation sites is 1. The summed E-state index contributed by atoms with van der Waals surface area (Å²) in [6, 6.07) is 15.3. The number of carbonyl (C=O) groups excluding carboxylic acids is 1. The number of halogens is 1. The van der Waals surface area contributed by atoms with Crippen molar-refractivity contribution in [3.05, 3.63) is 64.1 Å². The Hall–Kier alpha value is -1.95. The number of amides is 1. The van der Waals surface area contributed by atoms with Gasteiger partial charge in [-0.2, -0.15) is 0 Å². The smallest absolute Gasteiger partial charge is 0.253 e. The number of fused-ring (bicyclic) bond motifs is 1. The van der Waals surface area contributed by atoms with Crippen LogP contribution >= 0.6 is 22.9 Å². The van der Waals surface area contributed by atoms with E-state index in [-0.39, 0.29) is 5.91 Å². The number of aromatic nitrogens is 1. The predicted octanol–water partition coefficient (Wildman–Crippen LogP) is 3.91. The van der Waals surface area contributed by atoms with Gasteiger partial charge in [-0.3, -0.25) is 9.69 Å². The van der Waals surface area contributed by atoms with Crippen LogP contribution in [-0.2, 0) is 6.54 Å². The number of hydrogen-bond donors (Lipinski definition) is 0. The molecular weight excluding hydrogens is 354 g/mol. The summed E-state index contributed by atoms with van der Waals surface area (Å²) in [5, 5.41) is 1.79. The molecule has 2 aromatic carbocycles. The molecule has 0 spiro atoms. The molecule has 1 saturated heterocycles. The Bertz CT molecular complexity index is 852. The molecular formula is C19H18ClN3OS. The zero-order valence-corrected chi connectivity index (χ0v) is 15.3. The number of carbonyl (C=O) groups is 1. The first kappa shape index (κ1) is 16.5. The molecule has 1 aliphatic rings. The van der Waals surface area contributed by atoms with Crippen molar-refractivity contribution in [1.82, 2.24) is 14.8 Å². The molecule has 1 aromatic heterocycles. The average Bonchev–Trinajstić information content (AvgIpc) is 3.05. The molecule has 0 radical (unpaired) electrons. The van der Waals surface area contributed by atoms with Gasteiger partial charge in [0.15, 0.2) is 0 Å². The molecule has 25 heavy (non-hydrogen) atoms. The Morgan fingerprint density at radius 2 is 1.76 bits per heavy atom. The van der Waals surface area contributed by atoms with Crippen LogP contribution in [0.4, 0.5) is 0 Å². The summed E-state index contributed by atoms with van der Waals surface area (Å²) >= 11 is 7.64. The lowest BCUT2D eigenvalue weighted by atomic mass is 10.2. The zero-order chi connectivity index (χ0) is 17.2. The summed E-state index contributed by atoms with van der Waals surface area (Å²) in [6.45, 7) is 4.07. The van der Waals surface area contributed by atoms with E-state index in [1.807, 2.05) is 17.0 Å². The molecule has 4 nitrogen and oxygen atoms in total. The summed E-state index contributed by atoms with van der Waals surface area (Å²) in [5.41, 5.74) is 1.77. The average molecular weight is 372 g/mol. The van der Waals surface area contributed by atoms with E-state index >= 15 is 0 Å². The monoisotopic (exact) mass is 371 g/mol. The summed E-state index contributed by atoms with van der Waals surface area (Å²) in [7, 11) is 0. The first-order valence-corrected chi connectivity index (χ1v) is 9.50. The minimum Gasteiger partial charge on any atom is -0.336 e. The molecule has 0 N–H and O–H groups in total. The van der Waals surface area contributed by atoms with Gasteiger partial charge in [0.1, 0.15) is 5.01 Å². The molecule has 1 amide bonds. The molecule has 1 aliphatic heterocycles. The number of piperazine rings is 1. The maximum atomic E-state index is 12.5. The lowest BCUT2D eigenvalue weighted by molar-refractivity contribution is 0.0628. The maximum Gasteiger partial charge on any atom is 0.253 e. The fraction of sp³-hybridized carbons (Fsp3) is 0.263. The predicted molar refractivity (Wildman–Crippen MR) is 102 cm³/mol. The van der Waals surface area contributed by atoms with Crippen LogP contribution in [0.15, 0.2) is 48.5 Å². The molecule has 1 fully saturated rings. The summed E-state index contributed by atoms with van der Waals surface area (Å²) in [4.78, 5) is 21.5. The van der Waals surface area contributed by atoms with Crippen molar-refractivity contribution in [2.24, 2.45) is 0 Å². The molecule has 0 bridgehead atoms. The minimum atomic E-state index is 0.0799. The molecule has 0 aliphatic carbocycles. The van der Waals surface area contributed by atoms with E-state index in [0.29, 0.717) is 10.6 Å². The van der Waals surface area contributed by atoms with Crippen LogP contribution in [0.1, 0.15) is 15.4 Å². The molecule has 4 rings (SSSR count). The molecule has 6 heteroatoms. The summed E-state index contributed by atoms with van der Waals surface area (Å²) < 4.78 is 1.23. The second-order valence-corrected chi connectivity index (χ2v) is 7.70. The van der Waals surface area contributed by atoms with Crippen molar-refractivity contribution in [3.63, 3.8) is 0 Å². The Morgan fingerprint density at radius 3 is 2.48 bits per heavy atom. The number of nitrogens with zero attached hydrogens (tertiary/aromatic N) is 3. The topological polar surface area (TPSA) is 36.4 Å². The maximum absolute atomic E-state index is 12.5. The zero-order valence-electron chi connectivity index (χ0n) is 13.7. The lowest BCUT2D eigenvalue weighted by Gasteiger charge is -2.34. The van der Waals surface area contributed by atoms with Crippen molar-refractivity contribution < 1.29 is 4.79 Å². The van der Waals surface area contributed by atoms with E-state index in [0.717, 1.165) is 43.2 Å². The van der Waals surface area contributed by atoms with E-state index in [1.165, 1.54) is 4.70 Å². The van der Waals surface area contributed by atoms with Crippen LogP contribution in [-0.4, -0.2) is 46.9 Å². The molecule has 0 saturated carbocycles. The van der Waals surface area contributed by atoms with E-state index in [4.69, 9.17) is 16.6 Å². The van der Waals surface area contributed by atoms with Gasteiger partial charge in [0.05, 0.1) is 16.8 Å². The summed E-state index contributed by atoms with van der Waals surface area (Å²) in [6.07, 6.45) is 0. The van der Waals surface area contributed by atoms with E-state index in [2.05, 4.69) is 17.0 Å². The van der Waals surface area contributed by atoms with Gasteiger partial charge in [-0.15, -0.1) is 11.3 Å². The molecule has 3 aromatic rings. The fourth-order valence-corrected chi connectivity index (χ4v) is 4.20. The van der Waals surface area contributed by atoms with Crippen LogP contribution in [0, 0.1) is 0 Å². The standard InChI is InChI=1S/C19H18ClN3OS/c20-15-7-5-14(6-8-15)19(24)23-11-9-22(10-12-23)13-18-21-16-3-1-2-4-17(16)25-18/h1-8H,9-13H2. The third-order valence-electron chi connectivity index (χ3n) is 4.45.